The molecular weight excluding hydrogens is 300 g/mol. The van der Waals surface area contributed by atoms with Crippen molar-refractivity contribution in [3.05, 3.63) is 35.5 Å². The summed E-state index contributed by atoms with van der Waals surface area (Å²) < 4.78 is 1.89. The average Bonchev–Trinajstić information content (AvgIpc) is 2.94. The molecule has 0 aliphatic carbocycles. The molecule has 0 saturated heterocycles. The van der Waals surface area contributed by atoms with Gasteiger partial charge in [0.25, 0.3) is 0 Å². The molecule has 0 bridgehead atoms. The first-order valence-electron chi connectivity index (χ1n) is 9.17. The molecule has 3 heterocycles. The second kappa shape index (κ2) is 6.08. The van der Waals surface area contributed by atoms with Gasteiger partial charge in [0.1, 0.15) is 0 Å². The van der Waals surface area contributed by atoms with Gasteiger partial charge in [-0.15, -0.1) is 0 Å². The lowest BCUT2D eigenvalue weighted by Gasteiger charge is -2.39. The van der Waals surface area contributed by atoms with Gasteiger partial charge in [0.15, 0.2) is 0 Å². The van der Waals surface area contributed by atoms with E-state index >= 15 is 0 Å². The van der Waals surface area contributed by atoms with Crippen molar-refractivity contribution in [1.82, 2.24) is 9.47 Å². The van der Waals surface area contributed by atoms with Crippen LogP contribution in [-0.2, 0) is 11.2 Å². The predicted molar refractivity (Wildman–Crippen MR) is 94.1 cm³/mol. The van der Waals surface area contributed by atoms with Crippen LogP contribution in [-0.4, -0.2) is 27.8 Å². The normalized spacial score (nSPS) is 19.6. The Morgan fingerprint density at radius 2 is 2.04 bits per heavy atom. The number of carbonyl (C=O) groups is 2. The summed E-state index contributed by atoms with van der Waals surface area (Å²) in [5.74, 6) is 0.425. The molecule has 2 aliphatic heterocycles. The minimum atomic E-state index is 0.0768. The second-order valence-corrected chi connectivity index (χ2v) is 6.96. The molecule has 24 heavy (non-hydrogen) atoms. The zero-order valence-corrected chi connectivity index (χ0v) is 14.3. The third-order valence-electron chi connectivity index (χ3n) is 5.51. The molecule has 1 unspecified atom stereocenters. The zero-order valence-electron chi connectivity index (χ0n) is 14.3. The first-order chi connectivity index (χ1) is 11.7. The minimum absolute atomic E-state index is 0.0768. The largest absolute Gasteiger partial charge is 0.334 e. The third-order valence-corrected chi connectivity index (χ3v) is 5.51. The van der Waals surface area contributed by atoms with Crippen LogP contribution in [0.15, 0.2) is 24.3 Å². The van der Waals surface area contributed by atoms with E-state index < -0.39 is 0 Å². The maximum absolute atomic E-state index is 12.7. The number of amides is 1. The van der Waals surface area contributed by atoms with Gasteiger partial charge in [0, 0.05) is 24.8 Å². The molecule has 2 aliphatic rings. The summed E-state index contributed by atoms with van der Waals surface area (Å²) in [5, 5.41) is 1.19. The summed E-state index contributed by atoms with van der Waals surface area (Å²) in [7, 11) is 0. The Kier molecular flexibility index (Phi) is 3.91. The molecule has 1 aromatic carbocycles. The van der Waals surface area contributed by atoms with Crippen LogP contribution in [0.4, 0.5) is 0 Å². The SMILES string of the molecule is CCCCCC(=O)N1CCc2c3n(c4ccccc24)C(=O)CCC31. The summed E-state index contributed by atoms with van der Waals surface area (Å²) in [6, 6.07) is 8.24. The van der Waals surface area contributed by atoms with Gasteiger partial charge < -0.3 is 4.90 Å². The van der Waals surface area contributed by atoms with E-state index in [0.29, 0.717) is 12.8 Å². The topological polar surface area (TPSA) is 42.3 Å². The van der Waals surface area contributed by atoms with E-state index in [9.17, 15) is 9.59 Å². The van der Waals surface area contributed by atoms with Crippen molar-refractivity contribution in [2.45, 2.75) is 57.9 Å². The van der Waals surface area contributed by atoms with E-state index in [-0.39, 0.29) is 17.9 Å². The van der Waals surface area contributed by atoms with Gasteiger partial charge >= 0.3 is 0 Å². The van der Waals surface area contributed by atoms with E-state index in [1.165, 1.54) is 10.9 Å². The zero-order chi connectivity index (χ0) is 16.7. The van der Waals surface area contributed by atoms with Gasteiger partial charge in [-0.1, -0.05) is 38.0 Å². The van der Waals surface area contributed by atoms with Crippen molar-refractivity contribution in [1.29, 1.82) is 0 Å². The van der Waals surface area contributed by atoms with Gasteiger partial charge in [-0.3, -0.25) is 14.2 Å². The summed E-state index contributed by atoms with van der Waals surface area (Å²) in [4.78, 5) is 27.3. The van der Waals surface area contributed by atoms with Gasteiger partial charge in [0.05, 0.1) is 17.3 Å². The van der Waals surface area contributed by atoms with Crippen LogP contribution < -0.4 is 0 Å². The Labute approximate surface area is 142 Å². The lowest BCUT2D eigenvalue weighted by atomic mass is 9.92. The molecule has 4 heteroatoms. The number of fused-ring (bicyclic) bond motifs is 3. The Hall–Kier alpha value is -2.10. The second-order valence-electron chi connectivity index (χ2n) is 6.96. The van der Waals surface area contributed by atoms with Gasteiger partial charge in [-0.05, 0) is 30.9 Å². The number of nitrogens with zero attached hydrogens (tertiary/aromatic N) is 2. The number of carbonyl (C=O) groups excluding carboxylic acids is 2. The van der Waals surface area contributed by atoms with Crippen molar-refractivity contribution in [3.63, 3.8) is 0 Å². The number of aromatic nitrogens is 1. The number of benzene rings is 1. The highest BCUT2D eigenvalue weighted by Crippen LogP contribution is 2.42. The van der Waals surface area contributed by atoms with E-state index in [2.05, 4.69) is 13.0 Å². The van der Waals surface area contributed by atoms with Gasteiger partial charge in [-0.2, -0.15) is 0 Å². The Bertz CT molecular complexity index is 805. The lowest BCUT2D eigenvalue weighted by Crippen LogP contribution is -2.43. The van der Waals surface area contributed by atoms with E-state index in [1.807, 2.05) is 27.7 Å². The summed E-state index contributed by atoms with van der Waals surface area (Å²) in [6.45, 7) is 2.94. The van der Waals surface area contributed by atoms with Gasteiger partial charge in [0.2, 0.25) is 11.8 Å². The fourth-order valence-electron chi connectivity index (χ4n) is 4.38. The molecule has 4 rings (SSSR count). The molecule has 4 nitrogen and oxygen atoms in total. The number of para-hydroxylation sites is 1. The molecule has 1 aromatic heterocycles. The minimum Gasteiger partial charge on any atom is -0.334 e. The highest BCUT2D eigenvalue weighted by atomic mass is 16.2. The number of rotatable bonds is 4. The quantitative estimate of drug-likeness (QED) is 0.795. The van der Waals surface area contributed by atoms with Gasteiger partial charge in [-0.25, -0.2) is 0 Å². The molecular formula is C20H24N2O2. The monoisotopic (exact) mass is 324 g/mol. The predicted octanol–water partition coefficient (Wildman–Crippen LogP) is 4.08. The van der Waals surface area contributed by atoms with Crippen LogP contribution in [0, 0.1) is 0 Å². The van der Waals surface area contributed by atoms with E-state index in [4.69, 9.17) is 0 Å². The van der Waals surface area contributed by atoms with Crippen LogP contribution in [0.3, 0.4) is 0 Å². The molecule has 2 aromatic rings. The molecule has 0 radical (unpaired) electrons. The fraction of sp³-hybridized carbons (Fsp3) is 0.500. The summed E-state index contributed by atoms with van der Waals surface area (Å²) >= 11 is 0. The van der Waals surface area contributed by atoms with Crippen molar-refractivity contribution < 1.29 is 9.59 Å². The molecule has 0 saturated carbocycles. The Morgan fingerprint density at radius 3 is 2.88 bits per heavy atom. The first-order valence-corrected chi connectivity index (χ1v) is 9.17. The smallest absolute Gasteiger partial charge is 0.231 e. The number of hydrogen-bond donors (Lipinski definition) is 0. The van der Waals surface area contributed by atoms with E-state index in [1.54, 1.807) is 0 Å². The standard InChI is InChI=1S/C20H24N2O2/c1-2-3-4-9-18(23)21-13-12-15-14-7-5-6-8-16(14)22-19(24)11-10-17(21)20(15)22/h5-8,17H,2-4,9-13H2,1H3. The maximum atomic E-state index is 12.7. The van der Waals surface area contributed by atoms with Crippen molar-refractivity contribution in [2.75, 3.05) is 6.54 Å². The molecule has 0 spiro atoms. The van der Waals surface area contributed by atoms with Crippen LogP contribution in [0.5, 0.6) is 0 Å². The third kappa shape index (κ3) is 2.27. The van der Waals surface area contributed by atoms with Crippen molar-refractivity contribution in [3.8, 4) is 0 Å². The lowest BCUT2D eigenvalue weighted by molar-refractivity contribution is -0.134. The van der Waals surface area contributed by atoms with E-state index in [0.717, 1.165) is 49.9 Å². The fourth-order valence-corrected chi connectivity index (χ4v) is 4.38. The first kappa shape index (κ1) is 15.4. The molecule has 0 N–H and O–H groups in total. The molecule has 0 fully saturated rings. The molecule has 1 amide bonds. The highest BCUT2D eigenvalue weighted by Gasteiger charge is 2.39. The Morgan fingerprint density at radius 1 is 1.21 bits per heavy atom. The number of unbranched alkanes of at least 4 members (excludes halogenated alkanes) is 2. The van der Waals surface area contributed by atoms with Crippen LogP contribution in [0.2, 0.25) is 0 Å². The summed E-state index contributed by atoms with van der Waals surface area (Å²) in [6.07, 6.45) is 5.97. The Balaban J connectivity index is 1.74. The maximum Gasteiger partial charge on any atom is 0.231 e. The van der Waals surface area contributed by atoms with Crippen LogP contribution in [0.25, 0.3) is 10.9 Å². The summed E-state index contributed by atoms with van der Waals surface area (Å²) in [5.41, 5.74) is 3.38. The molecule has 1 atom stereocenters. The number of hydrogen-bond acceptors (Lipinski definition) is 2. The highest BCUT2D eigenvalue weighted by molar-refractivity contribution is 5.97. The molecule has 126 valence electrons. The van der Waals surface area contributed by atoms with Crippen molar-refractivity contribution >= 4 is 22.7 Å². The van der Waals surface area contributed by atoms with Crippen LogP contribution in [0.1, 0.15) is 67.5 Å². The van der Waals surface area contributed by atoms with Crippen LogP contribution >= 0.6 is 0 Å². The van der Waals surface area contributed by atoms with Crippen molar-refractivity contribution in [2.24, 2.45) is 0 Å². The average molecular weight is 324 g/mol.